The number of hydrogen-bond acceptors (Lipinski definition) is 5. The lowest BCUT2D eigenvalue weighted by Crippen LogP contribution is -2.33. The number of nitrogens with one attached hydrogen (secondary N) is 1. The standard InChI is InChI=1S/C23H22FN3O3/c1-15(17-5-7-18(8-6-17)23(28)29)26-22-21-20(9-10-25-22)30-12-11-27(21)14-16-3-2-4-19(24)13-16/h2-10,13,15H,11-12,14H2,1H3,(H,25,26)(H,28,29). The number of pyridine rings is 1. The predicted molar refractivity (Wildman–Crippen MR) is 113 cm³/mol. The molecule has 0 bridgehead atoms. The number of nitrogens with zero attached hydrogens (tertiary/aromatic N) is 2. The Labute approximate surface area is 173 Å². The topological polar surface area (TPSA) is 74.7 Å². The molecule has 0 radical (unpaired) electrons. The summed E-state index contributed by atoms with van der Waals surface area (Å²) in [4.78, 5) is 17.7. The average Bonchev–Trinajstić information content (AvgIpc) is 2.74. The van der Waals surface area contributed by atoms with Crippen LogP contribution in [-0.2, 0) is 6.54 Å². The van der Waals surface area contributed by atoms with Crippen LogP contribution in [0.4, 0.5) is 15.9 Å². The zero-order valence-electron chi connectivity index (χ0n) is 16.5. The minimum absolute atomic E-state index is 0.107. The normalized spacial score (nSPS) is 13.9. The second-order valence-corrected chi connectivity index (χ2v) is 7.20. The molecule has 0 saturated heterocycles. The maximum absolute atomic E-state index is 13.6. The summed E-state index contributed by atoms with van der Waals surface area (Å²) in [7, 11) is 0. The molecule has 0 saturated carbocycles. The number of ether oxygens (including phenoxy) is 1. The van der Waals surface area contributed by atoms with Crippen LogP contribution < -0.4 is 15.0 Å². The Morgan fingerprint density at radius 2 is 2.07 bits per heavy atom. The van der Waals surface area contributed by atoms with Crippen molar-refractivity contribution < 1.29 is 19.0 Å². The average molecular weight is 407 g/mol. The summed E-state index contributed by atoms with van der Waals surface area (Å²) in [5.74, 6) is 0.178. The van der Waals surface area contributed by atoms with Crippen LogP contribution in [0.25, 0.3) is 0 Å². The lowest BCUT2D eigenvalue weighted by Gasteiger charge is -2.33. The predicted octanol–water partition coefficient (Wildman–Crippen LogP) is 4.49. The van der Waals surface area contributed by atoms with E-state index in [0.717, 1.165) is 22.6 Å². The summed E-state index contributed by atoms with van der Waals surface area (Å²) in [6, 6.07) is 15.0. The largest absolute Gasteiger partial charge is 0.489 e. The molecule has 2 aromatic carbocycles. The molecule has 0 amide bonds. The molecular weight excluding hydrogens is 385 g/mol. The zero-order valence-corrected chi connectivity index (χ0v) is 16.5. The van der Waals surface area contributed by atoms with E-state index in [9.17, 15) is 9.18 Å². The van der Waals surface area contributed by atoms with E-state index in [1.165, 1.54) is 12.1 Å². The zero-order chi connectivity index (χ0) is 21.1. The van der Waals surface area contributed by atoms with Crippen molar-refractivity contribution >= 4 is 17.5 Å². The molecule has 4 rings (SSSR count). The van der Waals surface area contributed by atoms with Gasteiger partial charge in [-0.15, -0.1) is 0 Å². The molecule has 1 aromatic heterocycles. The van der Waals surface area contributed by atoms with E-state index in [0.29, 0.717) is 25.5 Å². The number of hydrogen-bond donors (Lipinski definition) is 2. The van der Waals surface area contributed by atoms with Gasteiger partial charge in [0.05, 0.1) is 18.2 Å². The van der Waals surface area contributed by atoms with Gasteiger partial charge in [-0.1, -0.05) is 24.3 Å². The first-order valence-corrected chi connectivity index (χ1v) is 9.72. The van der Waals surface area contributed by atoms with Crippen LogP contribution in [-0.4, -0.2) is 29.2 Å². The summed E-state index contributed by atoms with van der Waals surface area (Å²) >= 11 is 0. The minimum atomic E-state index is -0.953. The highest BCUT2D eigenvalue weighted by molar-refractivity contribution is 5.87. The van der Waals surface area contributed by atoms with Gasteiger partial charge in [0.25, 0.3) is 0 Å². The Morgan fingerprint density at radius 3 is 2.80 bits per heavy atom. The van der Waals surface area contributed by atoms with Crippen LogP contribution in [0, 0.1) is 5.82 Å². The van der Waals surface area contributed by atoms with Crippen molar-refractivity contribution in [2.45, 2.75) is 19.5 Å². The summed E-state index contributed by atoms with van der Waals surface area (Å²) in [6.45, 7) is 3.72. The molecule has 1 atom stereocenters. The molecule has 1 unspecified atom stereocenters. The molecule has 7 heteroatoms. The quantitative estimate of drug-likeness (QED) is 0.627. The van der Waals surface area contributed by atoms with Crippen LogP contribution in [0.3, 0.4) is 0 Å². The second kappa shape index (κ2) is 8.41. The van der Waals surface area contributed by atoms with Crippen molar-refractivity contribution in [3.63, 3.8) is 0 Å². The molecule has 2 heterocycles. The lowest BCUT2D eigenvalue weighted by molar-refractivity contribution is 0.0697. The van der Waals surface area contributed by atoms with Crippen LogP contribution in [0.5, 0.6) is 5.75 Å². The van der Waals surface area contributed by atoms with E-state index in [2.05, 4.69) is 15.2 Å². The third-order valence-corrected chi connectivity index (χ3v) is 5.10. The van der Waals surface area contributed by atoms with E-state index in [1.54, 1.807) is 36.5 Å². The highest BCUT2D eigenvalue weighted by atomic mass is 19.1. The van der Waals surface area contributed by atoms with Crippen molar-refractivity contribution in [3.05, 3.63) is 83.3 Å². The van der Waals surface area contributed by atoms with Gasteiger partial charge in [-0.2, -0.15) is 0 Å². The third-order valence-electron chi connectivity index (χ3n) is 5.10. The number of carboxylic acids is 1. The number of benzene rings is 2. The van der Waals surface area contributed by atoms with Gasteiger partial charge in [-0.3, -0.25) is 0 Å². The smallest absolute Gasteiger partial charge is 0.335 e. The Morgan fingerprint density at radius 1 is 1.27 bits per heavy atom. The molecule has 154 valence electrons. The van der Waals surface area contributed by atoms with Crippen LogP contribution in [0.2, 0.25) is 0 Å². The molecule has 0 fully saturated rings. The number of carboxylic acid groups (broad SMARTS) is 1. The molecular formula is C23H22FN3O3. The number of fused-ring (bicyclic) bond motifs is 1. The first kappa shape index (κ1) is 19.7. The summed E-state index contributed by atoms with van der Waals surface area (Å²) in [5.41, 5.74) is 2.89. The van der Waals surface area contributed by atoms with E-state index >= 15 is 0 Å². The first-order chi connectivity index (χ1) is 14.5. The molecule has 30 heavy (non-hydrogen) atoms. The van der Waals surface area contributed by atoms with Crippen molar-refractivity contribution in [1.82, 2.24) is 4.98 Å². The molecule has 0 aliphatic carbocycles. The number of carbonyl (C=O) groups is 1. The van der Waals surface area contributed by atoms with Crippen molar-refractivity contribution in [1.29, 1.82) is 0 Å². The molecule has 1 aliphatic rings. The molecule has 1 aliphatic heterocycles. The molecule has 2 N–H and O–H groups in total. The first-order valence-electron chi connectivity index (χ1n) is 9.72. The van der Waals surface area contributed by atoms with Gasteiger partial charge in [0.1, 0.15) is 23.9 Å². The maximum atomic E-state index is 13.6. The number of anilines is 2. The SMILES string of the molecule is CC(Nc1nccc2c1N(Cc1cccc(F)c1)CCO2)c1ccc(C(=O)O)cc1. The highest BCUT2D eigenvalue weighted by Gasteiger charge is 2.24. The fraction of sp³-hybridized carbons (Fsp3) is 0.217. The van der Waals surface area contributed by atoms with Crippen LogP contribution >= 0.6 is 0 Å². The van der Waals surface area contributed by atoms with Gasteiger partial charge in [0.15, 0.2) is 5.82 Å². The monoisotopic (exact) mass is 407 g/mol. The number of aromatic carboxylic acids is 1. The minimum Gasteiger partial charge on any atom is -0.489 e. The number of aromatic nitrogens is 1. The maximum Gasteiger partial charge on any atom is 0.335 e. The number of halogens is 1. The van der Waals surface area contributed by atoms with Gasteiger partial charge < -0.3 is 20.1 Å². The summed E-state index contributed by atoms with van der Waals surface area (Å²) < 4.78 is 19.5. The molecule has 0 spiro atoms. The Kier molecular flexibility index (Phi) is 5.52. The van der Waals surface area contributed by atoms with Gasteiger partial charge in [0.2, 0.25) is 0 Å². The van der Waals surface area contributed by atoms with E-state index in [-0.39, 0.29) is 17.4 Å². The van der Waals surface area contributed by atoms with Crippen LogP contribution in [0.1, 0.15) is 34.5 Å². The van der Waals surface area contributed by atoms with Crippen molar-refractivity contribution in [2.24, 2.45) is 0 Å². The third kappa shape index (κ3) is 4.20. The van der Waals surface area contributed by atoms with Gasteiger partial charge >= 0.3 is 5.97 Å². The van der Waals surface area contributed by atoms with Gasteiger partial charge in [-0.05, 0) is 42.3 Å². The highest BCUT2D eigenvalue weighted by Crippen LogP contribution is 2.39. The lowest BCUT2D eigenvalue weighted by atomic mass is 10.1. The van der Waals surface area contributed by atoms with Crippen molar-refractivity contribution in [2.75, 3.05) is 23.4 Å². The Bertz CT molecular complexity index is 1060. The van der Waals surface area contributed by atoms with Gasteiger partial charge in [0, 0.05) is 18.8 Å². The van der Waals surface area contributed by atoms with Crippen LogP contribution in [0.15, 0.2) is 60.8 Å². The van der Waals surface area contributed by atoms with E-state index in [4.69, 9.17) is 9.84 Å². The summed E-state index contributed by atoms with van der Waals surface area (Å²) in [5, 5.41) is 12.5. The Hall–Kier alpha value is -3.61. The number of rotatable bonds is 6. The molecule has 3 aromatic rings. The van der Waals surface area contributed by atoms with E-state index in [1.807, 2.05) is 19.1 Å². The molecule has 6 nitrogen and oxygen atoms in total. The van der Waals surface area contributed by atoms with Crippen molar-refractivity contribution in [3.8, 4) is 5.75 Å². The fourth-order valence-corrected chi connectivity index (χ4v) is 3.56. The fourth-order valence-electron chi connectivity index (χ4n) is 3.56. The second-order valence-electron chi connectivity index (χ2n) is 7.20. The van der Waals surface area contributed by atoms with Gasteiger partial charge in [-0.25, -0.2) is 14.2 Å². The Balaban J connectivity index is 1.59. The van der Waals surface area contributed by atoms with E-state index < -0.39 is 5.97 Å². The summed E-state index contributed by atoms with van der Waals surface area (Å²) in [6.07, 6.45) is 1.69.